The highest BCUT2D eigenvalue weighted by Crippen LogP contribution is 2.27. The lowest BCUT2D eigenvalue weighted by Crippen LogP contribution is -2.17. The SMILES string of the molecule is Cc1ccc(NC(=O)CCC(=O)Nc2nnc(C(C)(C)C)s2)cc1Cl. The van der Waals surface area contributed by atoms with Crippen LogP contribution in [0.2, 0.25) is 5.02 Å². The van der Waals surface area contributed by atoms with Crippen molar-refractivity contribution in [2.45, 2.75) is 46.0 Å². The summed E-state index contributed by atoms with van der Waals surface area (Å²) in [6, 6.07) is 5.28. The van der Waals surface area contributed by atoms with Crippen LogP contribution < -0.4 is 10.6 Å². The fraction of sp³-hybridized carbons (Fsp3) is 0.412. The second kappa shape index (κ2) is 7.93. The van der Waals surface area contributed by atoms with Crippen molar-refractivity contribution < 1.29 is 9.59 Å². The van der Waals surface area contributed by atoms with E-state index in [1.54, 1.807) is 12.1 Å². The molecule has 0 atom stereocenters. The summed E-state index contributed by atoms with van der Waals surface area (Å²) in [4.78, 5) is 23.9. The Morgan fingerprint density at radius 1 is 1.12 bits per heavy atom. The van der Waals surface area contributed by atoms with Gasteiger partial charge in [-0.2, -0.15) is 0 Å². The zero-order valence-electron chi connectivity index (χ0n) is 14.6. The van der Waals surface area contributed by atoms with Crippen LogP contribution in [0, 0.1) is 6.92 Å². The summed E-state index contributed by atoms with van der Waals surface area (Å²) in [5.74, 6) is -0.517. The van der Waals surface area contributed by atoms with Gasteiger partial charge in [0.05, 0.1) is 0 Å². The van der Waals surface area contributed by atoms with Crippen molar-refractivity contribution in [2.75, 3.05) is 10.6 Å². The van der Waals surface area contributed by atoms with Crippen molar-refractivity contribution in [1.82, 2.24) is 10.2 Å². The highest BCUT2D eigenvalue weighted by atomic mass is 35.5. The number of nitrogens with one attached hydrogen (secondary N) is 2. The zero-order chi connectivity index (χ0) is 18.6. The first-order valence-electron chi connectivity index (χ1n) is 7.85. The van der Waals surface area contributed by atoms with E-state index in [1.165, 1.54) is 11.3 Å². The number of hydrogen-bond acceptors (Lipinski definition) is 5. The van der Waals surface area contributed by atoms with E-state index in [9.17, 15) is 9.59 Å². The number of nitrogens with zero attached hydrogens (tertiary/aromatic N) is 2. The average Bonchev–Trinajstić information content (AvgIpc) is 2.98. The van der Waals surface area contributed by atoms with Crippen LogP contribution in [0.5, 0.6) is 0 Å². The molecule has 2 rings (SSSR count). The van der Waals surface area contributed by atoms with E-state index in [2.05, 4.69) is 20.8 Å². The molecule has 0 aliphatic rings. The molecule has 1 aromatic heterocycles. The van der Waals surface area contributed by atoms with E-state index in [4.69, 9.17) is 11.6 Å². The normalized spacial score (nSPS) is 11.2. The van der Waals surface area contributed by atoms with Crippen LogP contribution >= 0.6 is 22.9 Å². The fourth-order valence-corrected chi connectivity index (χ4v) is 2.88. The first-order valence-corrected chi connectivity index (χ1v) is 9.04. The van der Waals surface area contributed by atoms with Crippen molar-refractivity contribution in [3.8, 4) is 0 Å². The van der Waals surface area contributed by atoms with E-state index < -0.39 is 0 Å². The number of aromatic nitrogens is 2. The molecule has 1 aromatic carbocycles. The van der Waals surface area contributed by atoms with Gasteiger partial charge in [-0.1, -0.05) is 49.8 Å². The van der Waals surface area contributed by atoms with Crippen LogP contribution in [-0.2, 0) is 15.0 Å². The molecule has 8 heteroatoms. The highest BCUT2D eigenvalue weighted by molar-refractivity contribution is 7.15. The summed E-state index contributed by atoms with van der Waals surface area (Å²) in [5.41, 5.74) is 1.43. The Kier molecular flexibility index (Phi) is 6.13. The van der Waals surface area contributed by atoms with Crippen LogP contribution in [-0.4, -0.2) is 22.0 Å². The Morgan fingerprint density at radius 2 is 1.76 bits per heavy atom. The third-order valence-corrected chi connectivity index (χ3v) is 5.02. The average molecular weight is 381 g/mol. The maximum absolute atomic E-state index is 12.0. The first-order chi connectivity index (χ1) is 11.6. The van der Waals surface area contributed by atoms with E-state index in [1.807, 2.05) is 33.8 Å². The lowest BCUT2D eigenvalue weighted by molar-refractivity contribution is -0.121. The molecule has 0 saturated carbocycles. The van der Waals surface area contributed by atoms with Gasteiger partial charge in [0.2, 0.25) is 16.9 Å². The standard InChI is InChI=1S/C17H21ClN4O2S/c1-10-5-6-11(9-12(10)18)19-13(23)7-8-14(24)20-16-22-21-15(25-16)17(2,3)4/h5-6,9H,7-8H2,1-4H3,(H,19,23)(H,20,22,24). The number of carbonyl (C=O) groups excluding carboxylic acids is 2. The molecule has 0 bridgehead atoms. The maximum Gasteiger partial charge on any atom is 0.226 e. The monoisotopic (exact) mass is 380 g/mol. The molecular formula is C17H21ClN4O2S. The van der Waals surface area contributed by atoms with Gasteiger partial charge < -0.3 is 10.6 Å². The molecule has 2 amide bonds. The molecule has 0 fully saturated rings. The van der Waals surface area contributed by atoms with Crippen LogP contribution in [0.25, 0.3) is 0 Å². The van der Waals surface area contributed by atoms with Gasteiger partial charge >= 0.3 is 0 Å². The molecular weight excluding hydrogens is 360 g/mol. The summed E-state index contributed by atoms with van der Waals surface area (Å²) in [6.45, 7) is 7.97. The number of rotatable bonds is 5. The Labute approximate surface area is 156 Å². The number of carbonyl (C=O) groups is 2. The van der Waals surface area contributed by atoms with Gasteiger partial charge in [-0.3, -0.25) is 9.59 Å². The molecule has 6 nitrogen and oxygen atoms in total. The zero-order valence-corrected chi connectivity index (χ0v) is 16.2. The molecule has 25 heavy (non-hydrogen) atoms. The fourth-order valence-electron chi connectivity index (χ4n) is 1.88. The number of hydrogen-bond donors (Lipinski definition) is 2. The van der Waals surface area contributed by atoms with Gasteiger partial charge in [0, 0.05) is 29.0 Å². The first kappa shape index (κ1) is 19.3. The number of amides is 2. The predicted octanol–water partition coefficient (Wildman–Crippen LogP) is 4.15. The minimum absolute atomic E-state index is 0.0653. The van der Waals surface area contributed by atoms with Gasteiger partial charge in [-0.15, -0.1) is 10.2 Å². The summed E-state index contributed by atoms with van der Waals surface area (Å²) in [5, 5.41) is 15.3. The third-order valence-electron chi connectivity index (χ3n) is 3.35. The van der Waals surface area contributed by atoms with Crippen LogP contribution in [0.3, 0.4) is 0 Å². The van der Waals surface area contributed by atoms with E-state index >= 15 is 0 Å². The van der Waals surface area contributed by atoms with Crippen LogP contribution in [0.4, 0.5) is 10.8 Å². The summed E-state index contributed by atoms with van der Waals surface area (Å²) in [6.07, 6.45) is 0.137. The largest absolute Gasteiger partial charge is 0.326 e. The highest BCUT2D eigenvalue weighted by Gasteiger charge is 2.20. The maximum atomic E-state index is 12.0. The van der Waals surface area contributed by atoms with E-state index in [0.717, 1.165) is 10.6 Å². The lowest BCUT2D eigenvalue weighted by Gasteiger charge is -2.12. The quantitative estimate of drug-likeness (QED) is 0.815. The minimum atomic E-state index is -0.270. The number of aryl methyl sites for hydroxylation is 1. The molecule has 0 unspecified atom stereocenters. The van der Waals surface area contributed by atoms with Gasteiger partial charge in [0.1, 0.15) is 5.01 Å². The molecule has 1 heterocycles. The van der Waals surface area contributed by atoms with Crippen molar-refractivity contribution in [3.63, 3.8) is 0 Å². The van der Waals surface area contributed by atoms with Crippen LogP contribution in [0.1, 0.15) is 44.2 Å². The number of halogens is 1. The van der Waals surface area contributed by atoms with Crippen molar-refractivity contribution in [3.05, 3.63) is 33.8 Å². The molecule has 134 valence electrons. The number of benzene rings is 1. The van der Waals surface area contributed by atoms with Gasteiger partial charge in [0.15, 0.2) is 0 Å². The lowest BCUT2D eigenvalue weighted by atomic mass is 9.98. The molecule has 0 saturated heterocycles. The smallest absolute Gasteiger partial charge is 0.226 e. The van der Waals surface area contributed by atoms with Crippen molar-refractivity contribution >= 4 is 45.6 Å². The Hall–Kier alpha value is -1.99. The second-order valence-corrected chi connectivity index (χ2v) is 8.11. The Morgan fingerprint density at radius 3 is 2.32 bits per heavy atom. The molecule has 0 spiro atoms. The molecule has 0 aliphatic carbocycles. The number of anilines is 2. The van der Waals surface area contributed by atoms with Gasteiger partial charge in [-0.05, 0) is 24.6 Å². The van der Waals surface area contributed by atoms with Crippen LogP contribution in [0.15, 0.2) is 18.2 Å². The Bertz CT molecular complexity index is 783. The topological polar surface area (TPSA) is 84.0 Å². The van der Waals surface area contributed by atoms with Crippen molar-refractivity contribution in [1.29, 1.82) is 0 Å². The predicted molar refractivity (Wildman–Crippen MR) is 101 cm³/mol. The summed E-state index contributed by atoms with van der Waals surface area (Å²) in [7, 11) is 0. The third kappa shape index (κ3) is 5.79. The Balaban J connectivity index is 1.82. The van der Waals surface area contributed by atoms with E-state index in [0.29, 0.717) is 15.8 Å². The second-order valence-electron chi connectivity index (χ2n) is 6.72. The summed E-state index contributed by atoms with van der Waals surface area (Å²) < 4.78 is 0. The molecule has 0 radical (unpaired) electrons. The molecule has 0 aliphatic heterocycles. The van der Waals surface area contributed by atoms with Gasteiger partial charge in [0.25, 0.3) is 0 Å². The van der Waals surface area contributed by atoms with Gasteiger partial charge in [-0.25, -0.2) is 0 Å². The molecule has 2 N–H and O–H groups in total. The minimum Gasteiger partial charge on any atom is -0.326 e. The van der Waals surface area contributed by atoms with Crippen molar-refractivity contribution in [2.24, 2.45) is 0 Å². The van der Waals surface area contributed by atoms with E-state index in [-0.39, 0.29) is 30.1 Å². The summed E-state index contributed by atoms with van der Waals surface area (Å²) >= 11 is 7.36. The molecule has 2 aromatic rings.